The number of aryl methyl sites for hydroxylation is 1. The number of rotatable bonds is 5. The minimum absolute atomic E-state index is 0.0501. The van der Waals surface area contributed by atoms with Gasteiger partial charge in [0.1, 0.15) is 11.9 Å². The van der Waals surface area contributed by atoms with E-state index in [1.54, 1.807) is 10.9 Å². The Morgan fingerprint density at radius 3 is 2.94 bits per heavy atom. The molecular formula is C12H15N3O2. The monoisotopic (exact) mass is 233 g/mol. The average molecular weight is 233 g/mol. The molecule has 0 aliphatic heterocycles. The van der Waals surface area contributed by atoms with Crippen molar-refractivity contribution in [3.63, 3.8) is 0 Å². The second-order valence-corrected chi connectivity index (χ2v) is 3.66. The Morgan fingerprint density at radius 1 is 1.35 bits per heavy atom. The molecule has 1 heterocycles. The van der Waals surface area contributed by atoms with Crippen LogP contribution < -0.4 is 4.74 Å². The SMILES string of the molecule is CCCn1nncc1Oc1ccccc1CO. The van der Waals surface area contributed by atoms with Gasteiger partial charge in [0.2, 0.25) is 5.88 Å². The number of para-hydroxylation sites is 1. The van der Waals surface area contributed by atoms with E-state index in [9.17, 15) is 5.11 Å². The number of aliphatic hydroxyl groups is 1. The van der Waals surface area contributed by atoms with Gasteiger partial charge in [0.25, 0.3) is 0 Å². The number of nitrogens with zero attached hydrogens (tertiary/aromatic N) is 3. The Labute approximate surface area is 99.7 Å². The second-order valence-electron chi connectivity index (χ2n) is 3.66. The average Bonchev–Trinajstić information content (AvgIpc) is 2.78. The number of benzene rings is 1. The molecule has 90 valence electrons. The first-order valence-corrected chi connectivity index (χ1v) is 5.60. The summed E-state index contributed by atoms with van der Waals surface area (Å²) in [5, 5.41) is 17.0. The maximum Gasteiger partial charge on any atom is 0.238 e. The van der Waals surface area contributed by atoms with Gasteiger partial charge in [-0.2, -0.15) is 0 Å². The molecule has 2 rings (SSSR count). The van der Waals surface area contributed by atoms with E-state index in [2.05, 4.69) is 17.2 Å². The first-order valence-electron chi connectivity index (χ1n) is 5.60. The lowest BCUT2D eigenvalue weighted by atomic mass is 10.2. The molecule has 0 amide bonds. The number of aromatic nitrogens is 3. The van der Waals surface area contributed by atoms with E-state index >= 15 is 0 Å². The van der Waals surface area contributed by atoms with Crippen molar-refractivity contribution in [3.05, 3.63) is 36.0 Å². The lowest BCUT2D eigenvalue weighted by molar-refractivity contribution is 0.275. The van der Waals surface area contributed by atoms with Crippen LogP contribution in [-0.4, -0.2) is 20.1 Å². The Kier molecular flexibility index (Phi) is 3.72. The summed E-state index contributed by atoms with van der Waals surface area (Å²) < 4.78 is 7.40. The predicted octanol–water partition coefficient (Wildman–Crippen LogP) is 1.97. The lowest BCUT2D eigenvalue weighted by Crippen LogP contribution is -2.02. The summed E-state index contributed by atoms with van der Waals surface area (Å²) in [4.78, 5) is 0. The molecule has 0 saturated heterocycles. The van der Waals surface area contributed by atoms with Crippen molar-refractivity contribution in [2.75, 3.05) is 0 Å². The molecule has 1 aromatic carbocycles. The highest BCUT2D eigenvalue weighted by molar-refractivity contribution is 5.35. The number of hydrogen-bond acceptors (Lipinski definition) is 4. The van der Waals surface area contributed by atoms with Gasteiger partial charge in [0.05, 0.1) is 6.61 Å². The van der Waals surface area contributed by atoms with Crippen molar-refractivity contribution < 1.29 is 9.84 Å². The summed E-state index contributed by atoms with van der Waals surface area (Å²) in [6.45, 7) is 2.77. The molecule has 1 N–H and O–H groups in total. The highest BCUT2D eigenvalue weighted by Crippen LogP contribution is 2.24. The van der Waals surface area contributed by atoms with Crippen LogP contribution >= 0.6 is 0 Å². The van der Waals surface area contributed by atoms with Gasteiger partial charge < -0.3 is 9.84 Å². The van der Waals surface area contributed by atoms with Crippen molar-refractivity contribution in [2.24, 2.45) is 0 Å². The zero-order chi connectivity index (χ0) is 12.1. The summed E-state index contributed by atoms with van der Waals surface area (Å²) in [7, 11) is 0. The van der Waals surface area contributed by atoms with Crippen molar-refractivity contribution in [1.82, 2.24) is 15.0 Å². The summed E-state index contributed by atoms with van der Waals surface area (Å²) in [5.74, 6) is 1.22. The van der Waals surface area contributed by atoms with Crippen LogP contribution in [0.3, 0.4) is 0 Å². The highest BCUT2D eigenvalue weighted by Gasteiger charge is 2.08. The maximum absolute atomic E-state index is 9.20. The van der Waals surface area contributed by atoms with Crippen molar-refractivity contribution in [2.45, 2.75) is 26.5 Å². The first kappa shape index (κ1) is 11.6. The fraction of sp³-hybridized carbons (Fsp3) is 0.333. The molecule has 0 unspecified atom stereocenters. The number of hydrogen-bond donors (Lipinski definition) is 1. The van der Waals surface area contributed by atoms with Gasteiger partial charge in [-0.1, -0.05) is 30.3 Å². The Bertz CT molecular complexity index is 482. The zero-order valence-corrected chi connectivity index (χ0v) is 9.71. The number of aliphatic hydroxyl groups excluding tert-OH is 1. The molecule has 0 atom stereocenters. The topological polar surface area (TPSA) is 60.2 Å². The van der Waals surface area contributed by atoms with E-state index in [1.165, 1.54) is 0 Å². The van der Waals surface area contributed by atoms with Crippen LogP contribution in [0, 0.1) is 0 Å². The zero-order valence-electron chi connectivity index (χ0n) is 9.71. The fourth-order valence-electron chi connectivity index (χ4n) is 1.54. The second kappa shape index (κ2) is 5.45. The molecule has 0 aliphatic rings. The van der Waals surface area contributed by atoms with E-state index in [1.807, 2.05) is 24.3 Å². The Hall–Kier alpha value is -1.88. The van der Waals surface area contributed by atoms with Crippen molar-refractivity contribution >= 4 is 0 Å². The van der Waals surface area contributed by atoms with Gasteiger partial charge in [-0.25, -0.2) is 4.68 Å². The van der Waals surface area contributed by atoms with Crippen LogP contribution in [0.25, 0.3) is 0 Å². The minimum Gasteiger partial charge on any atom is -0.437 e. The van der Waals surface area contributed by atoms with E-state index in [0.29, 0.717) is 11.6 Å². The molecule has 0 saturated carbocycles. The molecule has 5 heteroatoms. The highest BCUT2D eigenvalue weighted by atomic mass is 16.5. The summed E-state index contributed by atoms with van der Waals surface area (Å²) in [5.41, 5.74) is 0.747. The van der Waals surface area contributed by atoms with Crippen LogP contribution in [0.1, 0.15) is 18.9 Å². The number of ether oxygens (including phenoxy) is 1. The standard InChI is InChI=1S/C12H15N3O2/c1-2-7-15-12(8-13-14-15)17-11-6-4-3-5-10(11)9-16/h3-6,8,16H,2,7,9H2,1H3. The van der Waals surface area contributed by atoms with Gasteiger partial charge in [-0.05, 0) is 12.5 Å². The maximum atomic E-state index is 9.20. The largest absolute Gasteiger partial charge is 0.437 e. The Morgan fingerprint density at radius 2 is 2.18 bits per heavy atom. The summed E-state index contributed by atoms with van der Waals surface area (Å²) >= 11 is 0. The van der Waals surface area contributed by atoms with Crippen LogP contribution in [-0.2, 0) is 13.2 Å². The predicted molar refractivity (Wildman–Crippen MR) is 62.8 cm³/mol. The third kappa shape index (κ3) is 2.62. The van der Waals surface area contributed by atoms with Crippen LogP contribution in [0.5, 0.6) is 11.6 Å². The van der Waals surface area contributed by atoms with Gasteiger partial charge in [0.15, 0.2) is 0 Å². The lowest BCUT2D eigenvalue weighted by Gasteiger charge is -2.09. The smallest absolute Gasteiger partial charge is 0.238 e. The normalized spacial score (nSPS) is 10.5. The van der Waals surface area contributed by atoms with E-state index in [0.717, 1.165) is 18.5 Å². The Balaban J connectivity index is 2.22. The molecule has 0 fully saturated rings. The molecule has 5 nitrogen and oxygen atoms in total. The van der Waals surface area contributed by atoms with Gasteiger partial charge in [-0.3, -0.25) is 0 Å². The molecule has 0 aliphatic carbocycles. The summed E-state index contributed by atoms with van der Waals surface area (Å²) in [6, 6.07) is 7.36. The van der Waals surface area contributed by atoms with E-state index in [4.69, 9.17) is 4.74 Å². The molecule has 0 spiro atoms. The van der Waals surface area contributed by atoms with Gasteiger partial charge in [-0.15, -0.1) is 5.10 Å². The van der Waals surface area contributed by atoms with Crippen LogP contribution in [0.2, 0.25) is 0 Å². The summed E-state index contributed by atoms with van der Waals surface area (Å²) in [6.07, 6.45) is 2.53. The molecular weight excluding hydrogens is 218 g/mol. The third-order valence-electron chi connectivity index (χ3n) is 2.38. The van der Waals surface area contributed by atoms with Crippen LogP contribution in [0.4, 0.5) is 0 Å². The van der Waals surface area contributed by atoms with E-state index in [-0.39, 0.29) is 6.61 Å². The molecule has 0 bridgehead atoms. The first-order chi connectivity index (χ1) is 8.35. The van der Waals surface area contributed by atoms with Crippen LogP contribution in [0.15, 0.2) is 30.5 Å². The van der Waals surface area contributed by atoms with Gasteiger partial charge >= 0.3 is 0 Å². The fourth-order valence-corrected chi connectivity index (χ4v) is 1.54. The quantitative estimate of drug-likeness (QED) is 0.857. The molecule has 0 radical (unpaired) electrons. The van der Waals surface area contributed by atoms with E-state index < -0.39 is 0 Å². The minimum atomic E-state index is -0.0501. The third-order valence-corrected chi connectivity index (χ3v) is 2.38. The van der Waals surface area contributed by atoms with Gasteiger partial charge in [0, 0.05) is 12.1 Å². The van der Waals surface area contributed by atoms with Crippen molar-refractivity contribution in [1.29, 1.82) is 0 Å². The molecule has 17 heavy (non-hydrogen) atoms. The molecule has 2 aromatic rings. The van der Waals surface area contributed by atoms with Crippen molar-refractivity contribution in [3.8, 4) is 11.6 Å². The molecule has 1 aromatic heterocycles.